The third kappa shape index (κ3) is 4.74. The molecule has 2 aromatic carbocycles. The number of nitrogens with one attached hydrogen (secondary N) is 2. The van der Waals surface area contributed by atoms with E-state index in [4.69, 9.17) is 4.74 Å². The van der Waals surface area contributed by atoms with Gasteiger partial charge in [-0.05, 0) is 57.0 Å². The number of ether oxygens (including phenoxy) is 1. The Hall–Kier alpha value is -3.35. The van der Waals surface area contributed by atoms with Crippen molar-refractivity contribution in [3.8, 4) is 0 Å². The first kappa shape index (κ1) is 20.4. The summed E-state index contributed by atoms with van der Waals surface area (Å²) in [7, 11) is 0. The molecule has 1 atom stereocenters. The lowest BCUT2D eigenvalue weighted by Gasteiger charge is -2.19. The van der Waals surface area contributed by atoms with Gasteiger partial charge in [-0.15, -0.1) is 0 Å². The minimum absolute atomic E-state index is 0.0683. The molecule has 1 heterocycles. The van der Waals surface area contributed by atoms with Crippen LogP contribution in [-0.4, -0.2) is 37.1 Å². The first-order chi connectivity index (χ1) is 13.9. The fraction of sp³-hybridized carbons (Fsp3) is 0.318. The Morgan fingerprint density at radius 1 is 1.14 bits per heavy atom. The summed E-state index contributed by atoms with van der Waals surface area (Å²) >= 11 is 0. The number of benzene rings is 2. The predicted molar refractivity (Wildman–Crippen MR) is 111 cm³/mol. The molecule has 152 valence electrons. The zero-order valence-electron chi connectivity index (χ0n) is 16.8. The smallest absolute Gasteiger partial charge is 0.328 e. The normalized spacial score (nSPS) is 13.4. The predicted octanol–water partition coefficient (Wildman–Crippen LogP) is 3.27. The second kappa shape index (κ2) is 8.77. The molecule has 0 aromatic heterocycles. The molecular weight excluding hydrogens is 370 g/mol. The average molecular weight is 395 g/mol. The molecule has 2 aromatic rings. The van der Waals surface area contributed by atoms with Crippen molar-refractivity contribution in [1.29, 1.82) is 0 Å². The van der Waals surface area contributed by atoms with Crippen molar-refractivity contribution in [2.45, 2.75) is 33.2 Å². The van der Waals surface area contributed by atoms with E-state index < -0.39 is 18.0 Å². The molecule has 3 amide bonds. The van der Waals surface area contributed by atoms with Gasteiger partial charge in [0.2, 0.25) is 0 Å². The highest BCUT2D eigenvalue weighted by Gasteiger charge is 2.26. The summed E-state index contributed by atoms with van der Waals surface area (Å²) in [6.45, 7) is 6.09. The number of aryl methyl sites for hydroxylation is 1. The van der Waals surface area contributed by atoms with Crippen LogP contribution in [0.15, 0.2) is 42.5 Å². The number of hydrogen-bond acceptors (Lipinski definition) is 4. The number of amides is 3. The fourth-order valence-corrected chi connectivity index (χ4v) is 3.21. The van der Waals surface area contributed by atoms with E-state index in [1.807, 2.05) is 37.3 Å². The molecule has 7 nitrogen and oxygen atoms in total. The molecule has 0 fully saturated rings. The largest absolute Gasteiger partial charge is 0.464 e. The van der Waals surface area contributed by atoms with Gasteiger partial charge in [-0.25, -0.2) is 9.59 Å². The van der Waals surface area contributed by atoms with Crippen LogP contribution >= 0.6 is 0 Å². The number of anilines is 2. The Morgan fingerprint density at radius 2 is 1.86 bits per heavy atom. The number of carbonyl (C=O) groups is 3. The molecular formula is C22H25N3O4. The Morgan fingerprint density at radius 3 is 2.55 bits per heavy atom. The summed E-state index contributed by atoms with van der Waals surface area (Å²) in [6, 6.07) is 11.7. The number of esters is 1. The molecule has 0 saturated carbocycles. The van der Waals surface area contributed by atoms with Crippen molar-refractivity contribution >= 4 is 29.3 Å². The SMILES string of the molecule is CCOC(=O)C(C)NC(=O)Nc1ccc2c(c1)N(C(=O)c1ccc(C)cc1)CC2. The molecule has 1 unspecified atom stereocenters. The van der Waals surface area contributed by atoms with E-state index in [0.717, 1.165) is 23.2 Å². The molecule has 1 aliphatic rings. The standard InChI is InChI=1S/C22H25N3O4/c1-4-29-21(27)15(3)23-22(28)24-18-10-9-16-11-12-25(19(16)13-18)20(26)17-7-5-14(2)6-8-17/h5-10,13,15H,4,11-12H2,1-3H3,(H2,23,24,28). The molecule has 0 bridgehead atoms. The van der Waals surface area contributed by atoms with Crippen molar-refractivity contribution in [2.75, 3.05) is 23.4 Å². The first-order valence-electron chi connectivity index (χ1n) is 9.64. The highest BCUT2D eigenvalue weighted by Crippen LogP contribution is 2.32. The molecule has 0 saturated heterocycles. The maximum atomic E-state index is 12.9. The minimum Gasteiger partial charge on any atom is -0.464 e. The Bertz CT molecular complexity index is 924. The van der Waals surface area contributed by atoms with Gasteiger partial charge in [0.25, 0.3) is 5.91 Å². The summed E-state index contributed by atoms with van der Waals surface area (Å²) in [6.07, 6.45) is 0.763. The van der Waals surface area contributed by atoms with Crippen molar-refractivity contribution in [3.05, 3.63) is 59.2 Å². The summed E-state index contributed by atoms with van der Waals surface area (Å²) in [5.41, 5.74) is 4.10. The molecule has 0 spiro atoms. The van der Waals surface area contributed by atoms with Gasteiger partial charge in [0.15, 0.2) is 0 Å². The van der Waals surface area contributed by atoms with Crippen LogP contribution < -0.4 is 15.5 Å². The van der Waals surface area contributed by atoms with Gasteiger partial charge in [-0.1, -0.05) is 23.8 Å². The van der Waals surface area contributed by atoms with Crippen molar-refractivity contribution in [3.63, 3.8) is 0 Å². The van der Waals surface area contributed by atoms with Crippen LogP contribution in [0.3, 0.4) is 0 Å². The van der Waals surface area contributed by atoms with Gasteiger partial charge in [0, 0.05) is 23.5 Å². The molecule has 0 radical (unpaired) electrons. The van der Waals surface area contributed by atoms with E-state index in [1.165, 1.54) is 0 Å². The van der Waals surface area contributed by atoms with Crippen molar-refractivity contribution in [1.82, 2.24) is 5.32 Å². The molecule has 3 rings (SSSR count). The fourth-order valence-electron chi connectivity index (χ4n) is 3.21. The van der Waals surface area contributed by atoms with Crippen molar-refractivity contribution in [2.24, 2.45) is 0 Å². The van der Waals surface area contributed by atoms with E-state index >= 15 is 0 Å². The van der Waals surface area contributed by atoms with Gasteiger partial charge in [0.1, 0.15) is 6.04 Å². The number of hydrogen-bond donors (Lipinski definition) is 2. The quantitative estimate of drug-likeness (QED) is 0.761. The van der Waals surface area contributed by atoms with Crippen LogP contribution in [0.25, 0.3) is 0 Å². The molecule has 2 N–H and O–H groups in total. The molecule has 1 aliphatic heterocycles. The third-order valence-corrected chi connectivity index (χ3v) is 4.77. The van der Waals surface area contributed by atoms with Crippen LogP contribution in [-0.2, 0) is 16.0 Å². The number of fused-ring (bicyclic) bond motifs is 1. The van der Waals surface area contributed by atoms with Gasteiger partial charge < -0.3 is 20.3 Å². The average Bonchev–Trinajstić information content (AvgIpc) is 3.11. The van der Waals surface area contributed by atoms with Gasteiger partial charge >= 0.3 is 12.0 Å². The van der Waals surface area contributed by atoms with E-state index in [9.17, 15) is 14.4 Å². The van der Waals surface area contributed by atoms with Gasteiger partial charge in [-0.3, -0.25) is 4.79 Å². The second-order valence-corrected chi connectivity index (χ2v) is 6.99. The van der Waals surface area contributed by atoms with Gasteiger partial charge in [-0.2, -0.15) is 0 Å². The third-order valence-electron chi connectivity index (χ3n) is 4.77. The van der Waals surface area contributed by atoms with Crippen LogP contribution in [0, 0.1) is 6.92 Å². The Labute approximate surface area is 170 Å². The lowest BCUT2D eigenvalue weighted by Crippen LogP contribution is -2.41. The van der Waals surface area contributed by atoms with Crippen LogP contribution in [0.2, 0.25) is 0 Å². The lowest BCUT2D eigenvalue weighted by molar-refractivity contribution is -0.144. The highest BCUT2D eigenvalue weighted by molar-refractivity contribution is 6.07. The second-order valence-electron chi connectivity index (χ2n) is 6.99. The monoisotopic (exact) mass is 395 g/mol. The minimum atomic E-state index is -0.760. The van der Waals surface area contributed by atoms with Crippen LogP contribution in [0.4, 0.5) is 16.2 Å². The Kier molecular flexibility index (Phi) is 6.16. The number of carbonyl (C=O) groups excluding carboxylic acids is 3. The first-order valence-corrected chi connectivity index (χ1v) is 9.64. The number of nitrogens with zero attached hydrogens (tertiary/aromatic N) is 1. The summed E-state index contributed by atoms with van der Waals surface area (Å²) in [5, 5.41) is 5.25. The summed E-state index contributed by atoms with van der Waals surface area (Å²) < 4.78 is 4.88. The molecule has 7 heteroatoms. The van der Waals surface area contributed by atoms with Crippen LogP contribution in [0.1, 0.15) is 35.3 Å². The zero-order valence-corrected chi connectivity index (χ0v) is 16.8. The highest BCUT2D eigenvalue weighted by atomic mass is 16.5. The van der Waals surface area contributed by atoms with E-state index in [1.54, 1.807) is 30.9 Å². The number of rotatable bonds is 5. The number of urea groups is 1. The van der Waals surface area contributed by atoms with Gasteiger partial charge in [0.05, 0.1) is 6.61 Å². The topological polar surface area (TPSA) is 87.7 Å². The zero-order chi connectivity index (χ0) is 21.0. The van der Waals surface area contributed by atoms with Crippen LogP contribution in [0.5, 0.6) is 0 Å². The maximum absolute atomic E-state index is 12.9. The van der Waals surface area contributed by atoms with E-state index in [-0.39, 0.29) is 12.5 Å². The van der Waals surface area contributed by atoms with Crippen molar-refractivity contribution < 1.29 is 19.1 Å². The molecule has 29 heavy (non-hydrogen) atoms. The Balaban J connectivity index is 1.71. The summed E-state index contributed by atoms with van der Waals surface area (Å²) in [5.74, 6) is -0.562. The summed E-state index contributed by atoms with van der Waals surface area (Å²) in [4.78, 5) is 38.5. The lowest BCUT2D eigenvalue weighted by atomic mass is 10.1. The van der Waals surface area contributed by atoms with E-state index in [0.29, 0.717) is 17.8 Å². The van der Waals surface area contributed by atoms with E-state index in [2.05, 4.69) is 10.6 Å². The molecule has 0 aliphatic carbocycles. The maximum Gasteiger partial charge on any atom is 0.328 e.